The molecule has 30 heavy (non-hydrogen) atoms. The minimum Gasteiger partial charge on any atom is -0.495 e. The van der Waals surface area contributed by atoms with Gasteiger partial charge in [-0.3, -0.25) is 9.10 Å². The second-order valence-corrected chi connectivity index (χ2v) is 9.26. The first-order chi connectivity index (χ1) is 14.0. The summed E-state index contributed by atoms with van der Waals surface area (Å²) >= 11 is 0. The summed E-state index contributed by atoms with van der Waals surface area (Å²) in [6.45, 7) is 7.41. The van der Waals surface area contributed by atoms with E-state index in [4.69, 9.17) is 9.47 Å². The number of para-hydroxylation sites is 1. The Balaban J connectivity index is 2.16. The molecule has 0 aliphatic rings. The van der Waals surface area contributed by atoms with Gasteiger partial charge in [0.2, 0.25) is 15.9 Å². The van der Waals surface area contributed by atoms with Crippen molar-refractivity contribution in [2.24, 2.45) is 0 Å². The van der Waals surface area contributed by atoms with Crippen molar-refractivity contribution >= 4 is 21.6 Å². The van der Waals surface area contributed by atoms with Crippen molar-refractivity contribution in [1.82, 2.24) is 5.32 Å². The van der Waals surface area contributed by atoms with Crippen LogP contribution in [0.2, 0.25) is 0 Å². The average Bonchev–Trinajstić information content (AvgIpc) is 2.66. The predicted molar refractivity (Wildman–Crippen MR) is 119 cm³/mol. The third kappa shape index (κ3) is 5.89. The predicted octanol–water partition coefficient (Wildman–Crippen LogP) is 3.05. The van der Waals surface area contributed by atoms with Gasteiger partial charge in [-0.2, -0.15) is 0 Å². The summed E-state index contributed by atoms with van der Waals surface area (Å²) < 4.78 is 37.3. The number of rotatable bonds is 9. The fraction of sp³-hybridized carbons (Fsp3) is 0.409. The molecular weight excluding hydrogens is 404 g/mol. The maximum Gasteiger partial charge on any atom is 0.243 e. The van der Waals surface area contributed by atoms with E-state index in [0.29, 0.717) is 11.4 Å². The minimum absolute atomic E-state index is 0.260. The fourth-order valence-corrected chi connectivity index (χ4v) is 4.26. The molecule has 164 valence electrons. The molecule has 0 radical (unpaired) electrons. The Labute approximate surface area is 179 Å². The highest BCUT2D eigenvalue weighted by Crippen LogP contribution is 2.32. The van der Waals surface area contributed by atoms with Crippen LogP contribution in [0.15, 0.2) is 42.5 Å². The van der Waals surface area contributed by atoms with Gasteiger partial charge in [-0.15, -0.1) is 0 Å². The molecule has 1 amide bonds. The molecule has 0 saturated heterocycles. The minimum atomic E-state index is -3.75. The van der Waals surface area contributed by atoms with Crippen molar-refractivity contribution in [1.29, 1.82) is 0 Å². The van der Waals surface area contributed by atoms with E-state index >= 15 is 0 Å². The SMILES string of the molecule is COc1ccc(C)cc1N([C@H](C)C(=O)N[C@H](C)COc1ccccc1C)S(C)(=O)=O. The standard InChI is InChI=1S/C22H30N2O5S/c1-15-11-12-21(28-5)19(13-15)24(30(6,26)27)18(4)22(25)23-17(3)14-29-20-10-8-7-9-16(20)2/h7-13,17-18H,14H2,1-6H3,(H,23,25)/t17-,18-/m1/s1. The summed E-state index contributed by atoms with van der Waals surface area (Å²) in [4.78, 5) is 12.9. The summed E-state index contributed by atoms with van der Waals surface area (Å²) in [7, 11) is -2.28. The first-order valence-electron chi connectivity index (χ1n) is 9.67. The van der Waals surface area contributed by atoms with E-state index in [-0.39, 0.29) is 12.6 Å². The van der Waals surface area contributed by atoms with Crippen LogP contribution in [-0.4, -0.2) is 46.4 Å². The molecule has 0 saturated carbocycles. The van der Waals surface area contributed by atoms with Crippen molar-refractivity contribution in [2.75, 3.05) is 24.3 Å². The van der Waals surface area contributed by atoms with Gasteiger partial charge in [-0.25, -0.2) is 8.42 Å². The van der Waals surface area contributed by atoms with Crippen LogP contribution >= 0.6 is 0 Å². The number of nitrogens with one attached hydrogen (secondary N) is 1. The monoisotopic (exact) mass is 434 g/mol. The van der Waals surface area contributed by atoms with Gasteiger partial charge in [0.15, 0.2) is 0 Å². The second kappa shape index (κ2) is 9.84. The molecule has 2 aromatic rings. The number of benzene rings is 2. The smallest absolute Gasteiger partial charge is 0.243 e. The number of hydrogen-bond donors (Lipinski definition) is 1. The van der Waals surface area contributed by atoms with E-state index in [9.17, 15) is 13.2 Å². The van der Waals surface area contributed by atoms with Crippen LogP contribution in [0.1, 0.15) is 25.0 Å². The summed E-state index contributed by atoms with van der Waals surface area (Å²) in [6.07, 6.45) is 1.07. The summed E-state index contributed by atoms with van der Waals surface area (Å²) in [5.41, 5.74) is 2.18. The molecule has 7 nitrogen and oxygen atoms in total. The summed E-state index contributed by atoms with van der Waals surface area (Å²) in [5.74, 6) is 0.695. The highest BCUT2D eigenvalue weighted by Gasteiger charge is 2.32. The Morgan fingerprint density at radius 2 is 1.77 bits per heavy atom. The van der Waals surface area contributed by atoms with Crippen LogP contribution in [0.4, 0.5) is 5.69 Å². The first-order valence-corrected chi connectivity index (χ1v) is 11.5. The largest absolute Gasteiger partial charge is 0.495 e. The van der Waals surface area contributed by atoms with Crippen molar-refractivity contribution in [3.8, 4) is 11.5 Å². The molecule has 0 heterocycles. The fourth-order valence-electron chi connectivity index (χ4n) is 3.09. The van der Waals surface area contributed by atoms with Crippen LogP contribution in [0.5, 0.6) is 11.5 Å². The maximum absolute atomic E-state index is 12.9. The van der Waals surface area contributed by atoms with E-state index < -0.39 is 22.0 Å². The van der Waals surface area contributed by atoms with E-state index in [1.165, 1.54) is 7.11 Å². The quantitative estimate of drug-likeness (QED) is 0.656. The number of aryl methyl sites for hydroxylation is 2. The van der Waals surface area contributed by atoms with Crippen molar-refractivity contribution < 1.29 is 22.7 Å². The lowest BCUT2D eigenvalue weighted by atomic mass is 10.2. The number of methoxy groups -OCH3 is 1. The molecule has 2 rings (SSSR count). The van der Waals surface area contributed by atoms with Gasteiger partial charge in [-0.05, 0) is 57.0 Å². The molecule has 0 unspecified atom stereocenters. The summed E-state index contributed by atoms with van der Waals surface area (Å²) in [6, 6.07) is 11.5. The second-order valence-electron chi connectivity index (χ2n) is 7.40. The van der Waals surface area contributed by atoms with Gasteiger partial charge in [-0.1, -0.05) is 24.3 Å². The molecule has 2 atom stereocenters. The molecule has 0 fully saturated rings. The van der Waals surface area contributed by atoms with E-state index in [1.807, 2.05) is 44.2 Å². The van der Waals surface area contributed by atoms with Gasteiger partial charge in [0.25, 0.3) is 0 Å². The van der Waals surface area contributed by atoms with Crippen LogP contribution < -0.4 is 19.1 Å². The molecule has 1 N–H and O–H groups in total. The number of amides is 1. The van der Waals surface area contributed by atoms with E-state index in [1.54, 1.807) is 26.0 Å². The molecule has 8 heteroatoms. The van der Waals surface area contributed by atoms with Gasteiger partial charge in [0.05, 0.1) is 25.1 Å². The maximum atomic E-state index is 12.9. The molecular formula is C22H30N2O5S. The van der Waals surface area contributed by atoms with Crippen molar-refractivity contribution in [3.63, 3.8) is 0 Å². The van der Waals surface area contributed by atoms with E-state index in [0.717, 1.165) is 27.4 Å². The number of hydrogen-bond acceptors (Lipinski definition) is 5. The molecule has 0 bridgehead atoms. The van der Waals surface area contributed by atoms with Crippen molar-refractivity contribution in [3.05, 3.63) is 53.6 Å². The lowest BCUT2D eigenvalue weighted by Gasteiger charge is -2.30. The molecule has 0 spiro atoms. The number of carbonyl (C=O) groups excluding carboxylic acids is 1. The topological polar surface area (TPSA) is 84.9 Å². The Bertz CT molecular complexity index is 991. The zero-order valence-electron chi connectivity index (χ0n) is 18.3. The Hall–Kier alpha value is -2.74. The number of carbonyl (C=O) groups is 1. The van der Waals surface area contributed by atoms with Crippen LogP contribution in [-0.2, 0) is 14.8 Å². The molecule has 2 aromatic carbocycles. The summed E-state index contributed by atoms with van der Waals surface area (Å²) in [5, 5.41) is 2.83. The third-order valence-corrected chi connectivity index (χ3v) is 5.86. The van der Waals surface area contributed by atoms with Gasteiger partial charge in [0, 0.05) is 0 Å². The first kappa shape index (κ1) is 23.5. The normalized spacial score (nSPS) is 13.3. The Morgan fingerprint density at radius 3 is 2.37 bits per heavy atom. The molecule has 0 aromatic heterocycles. The average molecular weight is 435 g/mol. The number of ether oxygens (including phenoxy) is 2. The Kier molecular flexibility index (Phi) is 7.72. The number of nitrogens with zero attached hydrogens (tertiary/aromatic N) is 1. The van der Waals surface area contributed by atoms with Crippen molar-refractivity contribution in [2.45, 2.75) is 39.8 Å². The van der Waals surface area contributed by atoms with Crippen LogP contribution in [0.25, 0.3) is 0 Å². The van der Waals surface area contributed by atoms with Crippen LogP contribution in [0.3, 0.4) is 0 Å². The highest BCUT2D eigenvalue weighted by atomic mass is 32.2. The molecule has 0 aliphatic carbocycles. The van der Waals surface area contributed by atoms with Gasteiger partial charge in [0.1, 0.15) is 24.1 Å². The van der Waals surface area contributed by atoms with E-state index in [2.05, 4.69) is 5.32 Å². The number of sulfonamides is 1. The zero-order chi connectivity index (χ0) is 22.5. The van der Waals surface area contributed by atoms with Gasteiger partial charge >= 0.3 is 0 Å². The lowest BCUT2D eigenvalue weighted by Crippen LogP contribution is -2.51. The van der Waals surface area contributed by atoms with Crippen LogP contribution in [0, 0.1) is 13.8 Å². The lowest BCUT2D eigenvalue weighted by molar-refractivity contribution is -0.122. The third-order valence-electron chi connectivity index (χ3n) is 4.63. The Morgan fingerprint density at radius 1 is 1.10 bits per heavy atom. The zero-order valence-corrected chi connectivity index (χ0v) is 19.1. The number of anilines is 1. The van der Waals surface area contributed by atoms with Gasteiger partial charge < -0.3 is 14.8 Å². The highest BCUT2D eigenvalue weighted by molar-refractivity contribution is 7.92. The molecule has 0 aliphatic heterocycles.